The van der Waals surface area contributed by atoms with Crippen LogP contribution >= 0.6 is 12.4 Å². The maximum absolute atomic E-state index is 12.3. The molecule has 0 aromatic heterocycles. The van der Waals surface area contributed by atoms with Crippen molar-refractivity contribution >= 4 is 18.3 Å². The molecule has 0 radical (unpaired) electrons. The molecule has 1 heterocycles. The third-order valence-corrected chi connectivity index (χ3v) is 4.63. The second kappa shape index (κ2) is 10.2. The summed E-state index contributed by atoms with van der Waals surface area (Å²) in [6.07, 6.45) is 1.84. The number of rotatable bonds is 6. The second-order valence-corrected chi connectivity index (χ2v) is 6.71. The first-order valence-corrected chi connectivity index (χ1v) is 8.97. The standard InChI is InChI=1S/C21H26N2O2.ClH/c1-16-13-19(11-12-22-16)21(24)23-14-17-7-9-18(10-8-17)15-25-20-5-3-2-4-6-20;/h2-10,16,19,22H,11-15H2,1H3,(H,23,24);1H/t16-,19-;/m0./s1. The zero-order valence-corrected chi connectivity index (χ0v) is 15.9. The Morgan fingerprint density at radius 1 is 1.12 bits per heavy atom. The molecule has 3 rings (SSSR count). The predicted molar refractivity (Wildman–Crippen MR) is 106 cm³/mol. The molecule has 0 aliphatic carbocycles. The van der Waals surface area contributed by atoms with Gasteiger partial charge in [0, 0.05) is 18.5 Å². The van der Waals surface area contributed by atoms with Crippen molar-refractivity contribution in [2.24, 2.45) is 5.92 Å². The molecule has 1 saturated heterocycles. The fraction of sp³-hybridized carbons (Fsp3) is 0.381. The van der Waals surface area contributed by atoms with E-state index in [1.807, 2.05) is 30.3 Å². The van der Waals surface area contributed by atoms with Crippen molar-refractivity contribution < 1.29 is 9.53 Å². The van der Waals surface area contributed by atoms with Crippen LogP contribution in [0.3, 0.4) is 0 Å². The fourth-order valence-electron chi connectivity index (χ4n) is 3.14. The van der Waals surface area contributed by atoms with Gasteiger partial charge in [0.15, 0.2) is 0 Å². The van der Waals surface area contributed by atoms with Crippen molar-refractivity contribution in [3.8, 4) is 5.75 Å². The molecule has 0 unspecified atom stereocenters. The smallest absolute Gasteiger partial charge is 0.223 e. The number of hydrogen-bond donors (Lipinski definition) is 2. The number of carbonyl (C=O) groups excluding carboxylic acids is 1. The van der Waals surface area contributed by atoms with Gasteiger partial charge in [0.25, 0.3) is 0 Å². The normalized spacial score (nSPS) is 19.3. The average Bonchev–Trinajstić information content (AvgIpc) is 2.66. The molecule has 1 aliphatic rings. The Kier molecular flexibility index (Phi) is 7.95. The summed E-state index contributed by atoms with van der Waals surface area (Å²) in [5.74, 6) is 1.18. The van der Waals surface area contributed by atoms with Crippen LogP contribution in [-0.2, 0) is 17.9 Å². The molecule has 1 fully saturated rings. The number of benzene rings is 2. The molecular formula is C21H27ClN2O2. The van der Waals surface area contributed by atoms with Crippen molar-refractivity contribution in [3.05, 3.63) is 65.7 Å². The van der Waals surface area contributed by atoms with Crippen LogP contribution in [0.5, 0.6) is 5.75 Å². The van der Waals surface area contributed by atoms with Crippen molar-refractivity contribution in [1.82, 2.24) is 10.6 Å². The van der Waals surface area contributed by atoms with Crippen LogP contribution in [0.4, 0.5) is 0 Å². The summed E-state index contributed by atoms with van der Waals surface area (Å²) in [7, 11) is 0. The quantitative estimate of drug-likeness (QED) is 0.810. The highest BCUT2D eigenvalue weighted by Gasteiger charge is 2.24. The van der Waals surface area contributed by atoms with Gasteiger partial charge in [-0.1, -0.05) is 42.5 Å². The van der Waals surface area contributed by atoms with Crippen molar-refractivity contribution in [2.75, 3.05) is 6.54 Å². The molecule has 2 N–H and O–H groups in total. The first-order chi connectivity index (χ1) is 12.2. The van der Waals surface area contributed by atoms with Crippen LogP contribution in [0.1, 0.15) is 30.9 Å². The van der Waals surface area contributed by atoms with Crippen molar-refractivity contribution in [3.63, 3.8) is 0 Å². The summed E-state index contributed by atoms with van der Waals surface area (Å²) < 4.78 is 5.74. The highest BCUT2D eigenvalue weighted by molar-refractivity contribution is 5.85. The Morgan fingerprint density at radius 2 is 1.81 bits per heavy atom. The molecule has 0 saturated carbocycles. The van der Waals surface area contributed by atoms with E-state index < -0.39 is 0 Å². The van der Waals surface area contributed by atoms with E-state index in [1.54, 1.807) is 0 Å². The van der Waals surface area contributed by atoms with Crippen LogP contribution in [0.25, 0.3) is 0 Å². The van der Waals surface area contributed by atoms with E-state index in [-0.39, 0.29) is 24.2 Å². The molecule has 140 valence electrons. The molecule has 1 aliphatic heterocycles. The maximum Gasteiger partial charge on any atom is 0.223 e. The van der Waals surface area contributed by atoms with Crippen LogP contribution in [0.15, 0.2) is 54.6 Å². The van der Waals surface area contributed by atoms with E-state index in [2.05, 4.69) is 41.8 Å². The van der Waals surface area contributed by atoms with Gasteiger partial charge in [-0.3, -0.25) is 4.79 Å². The highest BCUT2D eigenvalue weighted by Crippen LogP contribution is 2.16. The largest absolute Gasteiger partial charge is 0.489 e. The first-order valence-electron chi connectivity index (χ1n) is 8.97. The third kappa shape index (κ3) is 6.04. The molecule has 2 atom stereocenters. The molecular weight excluding hydrogens is 348 g/mol. The van der Waals surface area contributed by atoms with E-state index in [4.69, 9.17) is 4.74 Å². The average molecular weight is 375 g/mol. The van der Waals surface area contributed by atoms with E-state index in [0.29, 0.717) is 19.2 Å². The predicted octanol–water partition coefficient (Wildman–Crippen LogP) is 3.69. The van der Waals surface area contributed by atoms with Gasteiger partial charge in [0.2, 0.25) is 5.91 Å². The lowest BCUT2D eigenvalue weighted by molar-refractivity contribution is -0.126. The van der Waals surface area contributed by atoms with Gasteiger partial charge < -0.3 is 15.4 Å². The number of piperidine rings is 1. The minimum absolute atomic E-state index is 0. The molecule has 0 spiro atoms. The summed E-state index contributed by atoms with van der Waals surface area (Å²) >= 11 is 0. The number of carbonyl (C=O) groups is 1. The van der Waals surface area contributed by atoms with Gasteiger partial charge in [-0.2, -0.15) is 0 Å². The Balaban J connectivity index is 0.00000243. The first kappa shape index (κ1) is 20.3. The Bertz CT molecular complexity index is 676. The number of amides is 1. The van der Waals surface area contributed by atoms with E-state index >= 15 is 0 Å². The lowest BCUT2D eigenvalue weighted by Crippen LogP contribution is -2.42. The summed E-state index contributed by atoms with van der Waals surface area (Å²) in [6, 6.07) is 18.4. The van der Waals surface area contributed by atoms with Crippen molar-refractivity contribution in [2.45, 2.75) is 39.0 Å². The van der Waals surface area contributed by atoms with E-state index in [9.17, 15) is 4.79 Å². The topological polar surface area (TPSA) is 50.4 Å². The van der Waals surface area contributed by atoms with Crippen molar-refractivity contribution in [1.29, 1.82) is 0 Å². The molecule has 2 aromatic rings. The van der Waals surface area contributed by atoms with E-state index in [0.717, 1.165) is 36.3 Å². The number of halogens is 1. The fourth-order valence-corrected chi connectivity index (χ4v) is 3.14. The molecule has 0 bridgehead atoms. The van der Waals surface area contributed by atoms with Crippen LogP contribution in [0, 0.1) is 5.92 Å². The summed E-state index contributed by atoms with van der Waals surface area (Å²) in [5, 5.41) is 6.45. The summed E-state index contributed by atoms with van der Waals surface area (Å²) in [5.41, 5.74) is 2.23. The van der Waals surface area contributed by atoms with Crippen LogP contribution in [0.2, 0.25) is 0 Å². The number of para-hydroxylation sites is 1. The van der Waals surface area contributed by atoms with Crippen LogP contribution < -0.4 is 15.4 Å². The van der Waals surface area contributed by atoms with Gasteiger partial charge in [-0.25, -0.2) is 0 Å². The maximum atomic E-state index is 12.3. The van der Waals surface area contributed by atoms with Gasteiger partial charge in [-0.15, -0.1) is 12.4 Å². The number of hydrogen-bond acceptors (Lipinski definition) is 3. The molecule has 4 nitrogen and oxygen atoms in total. The van der Waals surface area contributed by atoms with E-state index in [1.165, 1.54) is 0 Å². The number of ether oxygens (including phenoxy) is 1. The monoisotopic (exact) mass is 374 g/mol. The van der Waals surface area contributed by atoms with Gasteiger partial charge >= 0.3 is 0 Å². The Morgan fingerprint density at radius 3 is 2.50 bits per heavy atom. The molecule has 5 heteroatoms. The number of nitrogens with one attached hydrogen (secondary N) is 2. The zero-order chi connectivity index (χ0) is 17.5. The molecule has 1 amide bonds. The summed E-state index contributed by atoms with van der Waals surface area (Å²) in [4.78, 5) is 12.3. The Labute approximate surface area is 161 Å². The lowest BCUT2D eigenvalue weighted by atomic mass is 9.92. The Hall–Kier alpha value is -2.04. The molecule has 2 aromatic carbocycles. The SMILES string of the molecule is C[C@H]1C[C@@H](C(=O)NCc2ccc(COc3ccccc3)cc2)CCN1.Cl. The zero-order valence-electron chi connectivity index (χ0n) is 15.1. The summed E-state index contributed by atoms with van der Waals surface area (Å²) in [6.45, 7) is 4.19. The lowest BCUT2D eigenvalue weighted by Gasteiger charge is -2.27. The third-order valence-electron chi connectivity index (χ3n) is 4.63. The highest BCUT2D eigenvalue weighted by atomic mass is 35.5. The minimum atomic E-state index is 0. The van der Waals surface area contributed by atoms with Gasteiger partial charge in [-0.05, 0) is 49.6 Å². The minimum Gasteiger partial charge on any atom is -0.489 e. The van der Waals surface area contributed by atoms with Gasteiger partial charge in [0.1, 0.15) is 12.4 Å². The van der Waals surface area contributed by atoms with Gasteiger partial charge in [0.05, 0.1) is 0 Å². The molecule has 26 heavy (non-hydrogen) atoms. The van der Waals surface area contributed by atoms with Crippen LogP contribution in [-0.4, -0.2) is 18.5 Å². The second-order valence-electron chi connectivity index (χ2n) is 6.71.